The standard InChI is InChI=1S/C19H20N4O3S/c1-23(27(25,26)17-5-3-2-4-6-17)14-19(24)20-13-15-7-9-16(10-8-15)18-11-12-21-22-18/h2-12H,13-14H2,1H3,(H,20,24)(H,21,22). The van der Waals surface area contributed by atoms with Crippen molar-refractivity contribution in [2.45, 2.75) is 11.4 Å². The fourth-order valence-electron chi connectivity index (χ4n) is 2.53. The molecular weight excluding hydrogens is 364 g/mol. The minimum absolute atomic E-state index is 0.162. The highest BCUT2D eigenvalue weighted by atomic mass is 32.2. The lowest BCUT2D eigenvalue weighted by atomic mass is 10.1. The molecule has 0 bridgehead atoms. The quantitative estimate of drug-likeness (QED) is 0.651. The molecule has 0 radical (unpaired) electrons. The minimum Gasteiger partial charge on any atom is -0.351 e. The third-order valence-corrected chi connectivity index (χ3v) is 5.89. The zero-order valence-electron chi connectivity index (χ0n) is 14.8. The minimum atomic E-state index is -3.68. The van der Waals surface area contributed by atoms with Gasteiger partial charge in [-0.25, -0.2) is 8.42 Å². The summed E-state index contributed by atoms with van der Waals surface area (Å²) in [6.45, 7) is 0.0742. The fraction of sp³-hybridized carbons (Fsp3) is 0.158. The molecule has 0 atom stereocenters. The average molecular weight is 384 g/mol. The van der Waals surface area contributed by atoms with Gasteiger partial charge in [0.2, 0.25) is 15.9 Å². The number of nitrogens with one attached hydrogen (secondary N) is 2. The van der Waals surface area contributed by atoms with E-state index >= 15 is 0 Å². The Balaban J connectivity index is 1.55. The Kier molecular flexibility index (Phi) is 5.68. The van der Waals surface area contributed by atoms with E-state index in [9.17, 15) is 13.2 Å². The molecule has 140 valence electrons. The largest absolute Gasteiger partial charge is 0.351 e. The van der Waals surface area contributed by atoms with Crippen LogP contribution in [0.2, 0.25) is 0 Å². The molecule has 3 aromatic rings. The van der Waals surface area contributed by atoms with Crippen LogP contribution in [0.3, 0.4) is 0 Å². The van der Waals surface area contributed by atoms with Crippen LogP contribution in [0.5, 0.6) is 0 Å². The van der Waals surface area contributed by atoms with Crippen molar-refractivity contribution in [3.63, 3.8) is 0 Å². The first kappa shape index (κ1) is 18.8. The van der Waals surface area contributed by atoms with E-state index in [1.165, 1.54) is 19.2 Å². The Bertz CT molecular complexity index is 985. The number of amides is 1. The van der Waals surface area contributed by atoms with Gasteiger partial charge in [-0.1, -0.05) is 42.5 Å². The summed E-state index contributed by atoms with van der Waals surface area (Å²) >= 11 is 0. The highest BCUT2D eigenvalue weighted by Crippen LogP contribution is 2.16. The number of nitrogens with zero attached hydrogens (tertiary/aromatic N) is 2. The zero-order valence-corrected chi connectivity index (χ0v) is 15.6. The SMILES string of the molecule is CN(CC(=O)NCc1ccc(-c2ccn[nH]2)cc1)S(=O)(=O)c1ccccc1. The maximum absolute atomic E-state index is 12.4. The molecule has 3 rings (SSSR count). The van der Waals surface area contributed by atoms with Crippen molar-refractivity contribution >= 4 is 15.9 Å². The fourth-order valence-corrected chi connectivity index (χ4v) is 3.68. The summed E-state index contributed by atoms with van der Waals surface area (Å²) in [6, 6.07) is 17.6. The second kappa shape index (κ2) is 8.15. The van der Waals surface area contributed by atoms with E-state index in [4.69, 9.17) is 0 Å². The van der Waals surface area contributed by atoms with Crippen LogP contribution in [-0.4, -0.2) is 42.4 Å². The number of sulfonamides is 1. The van der Waals surface area contributed by atoms with Gasteiger partial charge in [0.15, 0.2) is 0 Å². The predicted octanol–water partition coefficient (Wildman–Crippen LogP) is 2.01. The Morgan fingerprint density at radius 1 is 1.07 bits per heavy atom. The Morgan fingerprint density at radius 2 is 1.78 bits per heavy atom. The zero-order chi connectivity index (χ0) is 19.3. The molecule has 0 unspecified atom stereocenters. The highest BCUT2D eigenvalue weighted by molar-refractivity contribution is 7.89. The van der Waals surface area contributed by atoms with Crippen LogP contribution in [-0.2, 0) is 21.4 Å². The molecule has 0 fully saturated rings. The van der Waals surface area contributed by atoms with Crippen molar-refractivity contribution in [3.05, 3.63) is 72.4 Å². The Labute approximate surface area is 158 Å². The van der Waals surface area contributed by atoms with Gasteiger partial charge in [-0.3, -0.25) is 9.89 Å². The normalized spacial score (nSPS) is 11.5. The van der Waals surface area contributed by atoms with Crippen LogP contribution < -0.4 is 5.32 Å². The molecule has 2 aromatic carbocycles. The van der Waals surface area contributed by atoms with Gasteiger partial charge in [-0.15, -0.1) is 0 Å². The lowest BCUT2D eigenvalue weighted by Crippen LogP contribution is -2.38. The number of likely N-dealkylation sites (N-methyl/N-ethyl adjacent to an activating group) is 1. The molecule has 0 saturated carbocycles. The molecule has 7 nitrogen and oxygen atoms in total. The molecule has 1 aromatic heterocycles. The van der Waals surface area contributed by atoms with E-state index in [1.807, 2.05) is 30.3 Å². The molecule has 1 amide bonds. The number of hydrogen-bond acceptors (Lipinski definition) is 4. The van der Waals surface area contributed by atoms with E-state index in [0.29, 0.717) is 6.54 Å². The molecule has 0 aliphatic rings. The van der Waals surface area contributed by atoms with Gasteiger partial charge in [0.1, 0.15) is 0 Å². The van der Waals surface area contributed by atoms with Gasteiger partial charge in [-0.05, 0) is 29.3 Å². The summed E-state index contributed by atoms with van der Waals surface area (Å²) in [5.74, 6) is -0.366. The van der Waals surface area contributed by atoms with Crippen molar-refractivity contribution in [2.24, 2.45) is 0 Å². The summed E-state index contributed by atoms with van der Waals surface area (Å²) in [4.78, 5) is 12.3. The van der Waals surface area contributed by atoms with Crippen molar-refractivity contribution in [3.8, 4) is 11.3 Å². The average Bonchev–Trinajstić information content (AvgIpc) is 3.22. The summed E-state index contributed by atoms with van der Waals surface area (Å²) in [5, 5.41) is 9.55. The summed E-state index contributed by atoms with van der Waals surface area (Å²) in [7, 11) is -2.29. The first-order chi connectivity index (χ1) is 13.0. The molecule has 0 aliphatic heterocycles. The summed E-state index contributed by atoms with van der Waals surface area (Å²) in [6.07, 6.45) is 1.68. The van der Waals surface area contributed by atoms with E-state index < -0.39 is 10.0 Å². The lowest BCUT2D eigenvalue weighted by Gasteiger charge is -2.17. The topological polar surface area (TPSA) is 95.2 Å². The number of rotatable bonds is 7. The van der Waals surface area contributed by atoms with Crippen LogP contribution in [0.1, 0.15) is 5.56 Å². The van der Waals surface area contributed by atoms with Crippen molar-refractivity contribution in [2.75, 3.05) is 13.6 Å². The molecule has 27 heavy (non-hydrogen) atoms. The van der Waals surface area contributed by atoms with Crippen LogP contribution in [0.4, 0.5) is 0 Å². The van der Waals surface area contributed by atoms with Crippen LogP contribution in [0, 0.1) is 0 Å². The number of benzene rings is 2. The van der Waals surface area contributed by atoms with Crippen molar-refractivity contribution in [1.29, 1.82) is 0 Å². The lowest BCUT2D eigenvalue weighted by molar-refractivity contribution is -0.121. The number of carbonyl (C=O) groups is 1. The van der Waals surface area contributed by atoms with Gasteiger partial charge >= 0.3 is 0 Å². The van der Waals surface area contributed by atoms with E-state index in [1.54, 1.807) is 24.4 Å². The third kappa shape index (κ3) is 4.60. The number of H-pyrrole nitrogens is 1. The van der Waals surface area contributed by atoms with Gasteiger partial charge in [0, 0.05) is 19.8 Å². The van der Waals surface area contributed by atoms with Crippen molar-refractivity contribution in [1.82, 2.24) is 19.8 Å². The number of aromatic amines is 1. The second-order valence-electron chi connectivity index (χ2n) is 6.02. The summed E-state index contributed by atoms with van der Waals surface area (Å²) < 4.78 is 25.9. The smallest absolute Gasteiger partial charge is 0.243 e. The maximum atomic E-state index is 12.4. The Hall–Kier alpha value is -2.97. The monoisotopic (exact) mass is 384 g/mol. The van der Waals surface area contributed by atoms with Gasteiger partial charge in [-0.2, -0.15) is 9.40 Å². The van der Waals surface area contributed by atoms with E-state index in [-0.39, 0.29) is 17.3 Å². The third-order valence-electron chi connectivity index (χ3n) is 4.07. The predicted molar refractivity (Wildman–Crippen MR) is 102 cm³/mol. The van der Waals surface area contributed by atoms with E-state index in [0.717, 1.165) is 21.1 Å². The maximum Gasteiger partial charge on any atom is 0.243 e. The molecule has 0 aliphatic carbocycles. The van der Waals surface area contributed by atoms with Crippen LogP contribution >= 0.6 is 0 Å². The molecule has 8 heteroatoms. The van der Waals surface area contributed by atoms with Gasteiger partial charge < -0.3 is 5.32 Å². The number of carbonyl (C=O) groups excluding carboxylic acids is 1. The number of aromatic nitrogens is 2. The van der Waals surface area contributed by atoms with Gasteiger partial charge in [0.05, 0.1) is 17.1 Å². The Morgan fingerprint density at radius 3 is 2.41 bits per heavy atom. The number of hydrogen-bond donors (Lipinski definition) is 2. The van der Waals surface area contributed by atoms with Gasteiger partial charge in [0.25, 0.3) is 0 Å². The van der Waals surface area contributed by atoms with E-state index in [2.05, 4.69) is 15.5 Å². The molecule has 0 saturated heterocycles. The van der Waals surface area contributed by atoms with Crippen molar-refractivity contribution < 1.29 is 13.2 Å². The van der Waals surface area contributed by atoms with Crippen LogP contribution in [0.25, 0.3) is 11.3 Å². The first-order valence-electron chi connectivity index (χ1n) is 8.33. The highest BCUT2D eigenvalue weighted by Gasteiger charge is 2.22. The van der Waals surface area contributed by atoms with Crippen LogP contribution in [0.15, 0.2) is 71.8 Å². The molecular formula is C19H20N4O3S. The molecule has 2 N–H and O–H groups in total. The summed E-state index contributed by atoms with van der Waals surface area (Å²) in [5.41, 5.74) is 2.83. The molecule has 0 spiro atoms. The second-order valence-corrected chi connectivity index (χ2v) is 8.06. The molecule has 1 heterocycles. The first-order valence-corrected chi connectivity index (χ1v) is 9.77.